The standard InChI is InChI=1S/C15H30N2O/c1-2-4-13(10-11-16)8-9-15(18)17-12-3-5-14-6-7-14/h13-14H,2-12,16H2,1H3,(H,17,18). The number of nitrogens with one attached hydrogen (secondary N) is 1. The Labute approximate surface area is 112 Å². The summed E-state index contributed by atoms with van der Waals surface area (Å²) >= 11 is 0. The molecule has 0 spiro atoms. The average molecular weight is 254 g/mol. The van der Waals surface area contributed by atoms with Crippen molar-refractivity contribution in [1.82, 2.24) is 5.32 Å². The Kier molecular flexibility index (Phi) is 8.06. The van der Waals surface area contributed by atoms with Crippen LogP contribution in [0.1, 0.15) is 64.7 Å². The van der Waals surface area contributed by atoms with Crippen LogP contribution in [0.4, 0.5) is 0 Å². The van der Waals surface area contributed by atoms with Crippen LogP contribution in [-0.2, 0) is 4.79 Å². The molecule has 0 aromatic rings. The summed E-state index contributed by atoms with van der Waals surface area (Å²) in [5, 5.41) is 3.04. The van der Waals surface area contributed by atoms with Crippen LogP contribution < -0.4 is 11.1 Å². The van der Waals surface area contributed by atoms with Crippen LogP contribution in [0, 0.1) is 11.8 Å². The molecule has 1 unspecified atom stereocenters. The summed E-state index contributed by atoms with van der Waals surface area (Å²) in [4.78, 5) is 11.7. The fraction of sp³-hybridized carbons (Fsp3) is 0.933. The highest BCUT2D eigenvalue weighted by Crippen LogP contribution is 2.33. The molecule has 3 nitrogen and oxygen atoms in total. The highest BCUT2D eigenvalue weighted by molar-refractivity contribution is 5.75. The number of nitrogens with two attached hydrogens (primary N) is 1. The highest BCUT2D eigenvalue weighted by atomic mass is 16.1. The summed E-state index contributed by atoms with van der Waals surface area (Å²) in [5.74, 6) is 1.83. The van der Waals surface area contributed by atoms with Crippen LogP contribution in [0.5, 0.6) is 0 Å². The fourth-order valence-corrected chi connectivity index (χ4v) is 2.53. The predicted octanol–water partition coefficient (Wildman–Crippen LogP) is 2.84. The van der Waals surface area contributed by atoms with Gasteiger partial charge in [-0.15, -0.1) is 0 Å². The lowest BCUT2D eigenvalue weighted by Gasteiger charge is -2.14. The van der Waals surface area contributed by atoms with Crippen LogP contribution >= 0.6 is 0 Å². The molecular weight excluding hydrogens is 224 g/mol. The monoisotopic (exact) mass is 254 g/mol. The molecule has 0 saturated heterocycles. The van der Waals surface area contributed by atoms with Crippen molar-refractivity contribution in [2.75, 3.05) is 13.1 Å². The summed E-state index contributed by atoms with van der Waals surface area (Å²) in [6.07, 6.45) is 10.4. The van der Waals surface area contributed by atoms with Gasteiger partial charge in [0.25, 0.3) is 0 Å². The third kappa shape index (κ3) is 7.70. The van der Waals surface area contributed by atoms with Gasteiger partial charge in [-0.3, -0.25) is 4.79 Å². The van der Waals surface area contributed by atoms with E-state index in [0.717, 1.165) is 38.3 Å². The van der Waals surface area contributed by atoms with Gasteiger partial charge in [0, 0.05) is 13.0 Å². The Morgan fingerprint density at radius 2 is 2.11 bits per heavy atom. The van der Waals surface area contributed by atoms with Crippen molar-refractivity contribution in [3.63, 3.8) is 0 Å². The van der Waals surface area contributed by atoms with Gasteiger partial charge in [0.2, 0.25) is 5.91 Å². The van der Waals surface area contributed by atoms with E-state index in [1.807, 2.05) is 0 Å². The normalized spacial score (nSPS) is 16.6. The number of carbonyl (C=O) groups excluding carboxylic acids is 1. The Morgan fingerprint density at radius 1 is 1.33 bits per heavy atom. The molecule has 0 aromatic carbocycles. The molecule has 0 heterocycles. The molecule has 1 fully saturated rings. The maximum Gasteiger partial charge on any atom is 0.220 e. The lowest BCUT2D eigenvalue weighted by Crippen LogP contribution is -2.25. The van der Waals surface area contributed by atoms with Gasteiger partial charge in [0.15, 0.2) is 0 Å². The first-order valence-electron chi connectivity index (χ1n) is 7.73. The topological polar surface area (TPSA) is 55.1 Å². The van der Waals surface area contributed by atoms with Crippen molar-refractivity contribution in [2.24, 2.45) is 17.6 Å². The van der Waals surface area contributed by atoms with E-state index in [1.165, 1.54) is 32.1 Å². The van der Waals surface area contributed by atoms with Crippen molar-refractivity contribution < 1.29 is 4.79 Å². The Hall–Kier alpha value is -0.570. The van der Waals surface area contributed by atoms with Crippen molar-refractivity contribution in [3.8, 4) is 0 Å². The minimum Gasteiger partial charge on any atom is -0.356 e. The van der Waals surface area contributed by atoms with Crippen LogP contribution in [0.3, 0.4) is 0 Å². The van der Waals surface area contributed by atoms with E-state index in [9.17, 15) is 4.79 Å². The SMILES string of the molecule is CCCC(CCN)CCC(=O)NCCCC1CC1. The molecule has 0 aromatic heterocycles. The van der Waals surface area contributed by atoms with Gasteiger partial charge in [0.05, 0.1) is 0 Å². The molecule has 0 bridgehead atoms. The molecular formula is C15H30N2O. The van der Waals surface area contributed by atoms with Crippen LogP contribution in [0.25, 0.3) is 0 Å². The van der Waals surface area contributed by atoms with E-state index in [1.54, 1.807) is 0 Å². The van der Waals surface area contributed by atoms with E-state index < -0.39 is 0 Å². The first-order valence-corrected chi connectivity index (χ1v) is 7.73. The molecule has 3 heteroatoms. The fourth-order valence-electron chi connectivity index (χ4n) is 2.53. The van der Waals surface area contributed by atoms with Gasteiger partial charge in [0.1, 0.15) is 0 Å². The number of carbonyl (C=O) groups is 1. The molecule has 106 valence electrons. The van der Waals surface area contributed by atoms with Crippen LogP contribution in [0.2, 0.25) is 0 Å². The second-order valence-electron chi connectivity index (χ2n) is 5.71. The molecule has 1 aliphatic carbocycles. The minimum atomic E-state index is 0.226. The largest absolute Gasteiger partial charge is 0.356 e. The lowest BCUT2D eigenvalue weighted by atomic mass is 9.94. The number of hydrogen-bond acceptors (Lipinski definition) is 2. The summed E-state index contributed by atoms with van der Waals surface area (Å²) in [6, 6.07) is 0. The third-order valence-corrected chi connectivity index (χ3v) is 3.86. The maximum atomic E-state index is 11.7. The Morgan fingerprint density at radius 3 is 2.72 bits per heavy atom. The van der Waals surface area contributed by atoms with Gasteiger partial charge < -0.3 is 11.1 Å². The van der Waals surface area contributed by atoms with Crippen molar-refractivity contribution in [2.45, 2.75) is 64.7 Å². The second kappa shape index (κ2) is 9.37. The van der Waals surface area contributed by atoms with Crippen LogP contribution in [-0.4, -0.2) is 19.0 Å². The third-order valence-electron chi connectivity index (χ3n) is 3.86. The Balaban J connectivity index is 1.98. The van der Waals surface area contributed by atoms with Gasteiger partial charge in [-0.05, 0) is 44.1 Å². The van der Waals surface area contributed by atoms with Crippen LogP contribution in [0.15, 0.2) is 0 Å². The molecule has 0 aliphatic heterocycles. The molecule has 18 heavy (non-hydrogen) atoms. The highest BCUT2D eigenvalue weighted by Gasteiger charge is 2.20. The van der Waals surface area contributed by atoms with Crippen molar-refractivity contribution >= 4 is 5.91 Å². The van der Waals surface area contributed by atoms with Crippen molar-refractivity contribution in [3.05, 3.63) is 0 Å². The zero-order valence-corrected chi connectivity index (χ0v) is 11.9. The van der Waals surface area contributed by atoms with Gasteiger partial charge >= 0.3 is 0 Å². The van der Waals surface area contributed by atoms with E-state index in [-0.39, 0.29) is 5.91 Å². The summed E-state index contributed by atoms with van der Waals surface area (Å²) in [5.41, 5.74) is 5.60. The molecule has 1 atom stereocenters. The maximum absolute atomic E-state index is 11.7. The minimum absolute atomic E-state index is 0.226. The Bertz CT molecular complexity index is 221. The first kappa shape index (κ1) is 15.5. The molecule has 3 N–H and O–H groups in total. The van der Waals surface area contributed by atoms with E-state index in [4.69, 9.17) is 5.73 Å². The average Bonchev–Trinajstić information content (AvgIpc) is 3.16. The number of amides is 1. The van der Waals surface area contributed by atoms with Gasteiger partial charge in [-0.25, -0.2) is 0 Å². The number of hydrogen-bond donors (Lipinski definition) is 2. The zero-order chi connectivity index (χ0) is 13.2. The lowest BCUT2D eigenvalue weighted by molar-refractivity contribution is -0.121. The molecule has 0 radical (unpaired) electrons. The molecule has 1 saturated carbocycles. The van der Waals surface area contributed by atoms with E-state index in [0.29, 0.717) is 12.3 Å². The smallest absolute Gasteiger partial charge is 0.220 e. The van der Waals surface area contributed by atoms with E-state index in [2.05, 4.69) is 12.2 Å². The van der Waals surface area contributed by atoms with Gasteiger partial charge in [-0.1, -0.05) is 32.6 Å². The predicted molar refractivity (Wildman–Crippen MR) is 76.3 cm³/mol. The van der Waals surface area contributed by atoms with Gasteiger partial charge in [-0.2, -0.15) is 0 Å². The summed E-state index contributed by atoms with van der Waals surface area (Å²) in [6.45, 7) is 3.81. The molecule has 1 aliphatic rings. The molecule has 1 amide bonds. The quantitative estimate of drug-likeness (QED) is 0.557. The number of rotatable bonds is 11. The molecule has 1 rings (SSSR count). The van der Waals surface area contributed by atoms with Crippen molar-refractivity contribution in [1.29, 1.82) is 0 Å². The van der Waals surface area contributed by atoms with E-state index >= 15 is 0 Å². The summed E-state index contributed by atoms with van der Waals surface area (Å²) in [7, 11) is 0. The zero-order valence-electron chi connectivity index (χ0n) is 11.9. The first-order chi connectivity index (χ1) is 8.76. The summed E-state index contributed by atoms with van der Waals surface area (Å²) < 4.78 is 0. The second-order valence-corrected chi connectivity index (χ2v) is 5.71.